The van der Waals surface area contributed by atoms with Gasteiger partial charge in [0.25, 0.3) is 11.8 Å². The summed E-state index contributed by atoms with van der Waals surface area (Å²) in [6, 6.07) is 5.02. The molecule has 0 spiro atoms. The summed E-state index contributed by atoms with van der Waals surface area (Å²) in [5.41, 5.74) is 1.54. The third-order valence-electron chi connectivity index (χ3n) is 5.83. The van der Waals surface area contributed by atoms with E-state index in [0.717, 1.165) is 23.4 Å². The topological polar surface area (TPSA) is 108 Å². The molecule has 0 aliphatic carbocycles. The molecule has 3 N–H and O–H groups in total. The van der Waals surface area contributed by atoms with E-state index in [1.54, 1.807) is 12.1 Å². The second-order valence-electron chi connectivity index (χ2n) is 7.70. The number of amides is 4. The van der Waals surface area contributed by atoms with Crippen molar-refractivity contribution in [2.24, 2.45) is 0 Å². The largest absolute Gasteiger partial charge is 0.312 e. The highest BCUT2D eigenvalue weighted by Crippen LogP contribution is 2.28. The van der Waals surface area contributed by atoms with Crippen LogP contribution in [-0.2, 0) is 16.1 Å². The van der Waals surface area contributed by atoms with Gasteiger partial charge < -0.3 is 10.6 Å². The van der Waals surface area contributed by atoms with Gasteiger partial charge in [-0.15, -0.1) is 0 Å². The van der Waals surface area contributed by atoms with Gasteiger partial charge in [0.1, 0.15) is 6.04 Å². The lowest BCUT2D eigenvalue weighted by Gasteiger charge is -2.27. The first-order valence-corrected chi connectivity index (χ1v) is 9.77. The maximum atomic E-state index is 12.8. The highest BCUT2D eigenvalue weighted by molar-refractivity contribution is 6.23. The molecule has 2 fully saturated rings. The van der Waals surface area contributed by atoms with Gasteiger partial charge in [-0.05, 0) is 50.4 Å². The van der Waals surface area contributed by atoms with Crippen LogP contribution in [0.5, 0.6) is 0 Å². The van der Waals surface area contributed by atoms with E-state index in [1.165, 1.54) is 6.42 Å². The van der Waals surface area contributed by atoms with Gasteiger partial charge in [-0.2, -0.15) is 0 Å². The Morgan fingerprint density at radius 2 is 1.93 bits per heavy atom. The fourth-order valence-corrected chi connectivity index (χ4v) is 4.19. The first-order chi connectivity index (χ1) is 13.5. The Bertz CT molecular complexity index is 847. The molecule has 8 heteroatoms. The average Bonchev–Trinajstić information content (AvgIpc) is 3.29. The molecule has 0 aromatic heterocycles. The van der Waals surface area contributed by atoms with E-state index < -0.39 is 23.8 Å². The molecule has 0 radical (unpaired) electrons. The van der Waals surface area contributed by atoms with Crippen molar-refractivity contribution in [3.05, 3.63) is 34.9 Å². The second kappa shape index (κ2) is 7.44. The molecule has 4 amide bonds. The number of nitrogens with zero attached hydrogens (tertiary/aromatic N) is 1. The molecular formula is C20H24N4O4. The van der Waals surface area contributed by atoms with Crippen molar-refractivity contribution in [3.63, 3.8) is 0 Å². The van der Waals surface area contributed by atoms with Crippen LogP contribution in [0.1, 0.15) is 58.9 Å². The number of hydrogen-bond donors (Lipinski definition) is 3. The summed E-state index contributed by atoms with van der Waals surface area (Å²) in [6.45, 7) is 3.77. The number of rotatable bonds is 5. The summed E-state index contributed by atoms with van der Waals surface area (Å²) in [5.74, 6) is -1.91. The molecule has 148 valence electrons. The molecule has 3 aliphatic rings. The van der Waals surface area contributed by atoms with Crippen LogP contribution in [0.4, 0.5) is 0 Å². The van der Waals surface area contributed by atoms with Crippen molar-refractivity contribution in [2.75, 3.05) is 6.54 Å². The number of benzene rings is 1. The molecule has 28 heavy (non-hydrogen) atoms. The Kier molecular flexibility index (Phi) is 4.99. The quantitative estimate of drug-likeness (QED) is 0.631. The Labute approximate surface area is 163 Å². The molecule has 2 saturated heterocycles. The van der Waals surface area contributed by atoms with Gasteiger partial charge in [0.2, 0.25) is 11.8 Å². The van der Waals surface area contributed by atoms with Gasteiger partial charge in [-0.25, -0.2) is 0 Å². The van der Waals surface area contributed by atoms with Gasteiger partial charge in [0.15, 0.2) is 0 Å². The van der Waals surface area contributed by atoms with Crippen molar-refractivity contribution >= 4 is 23.6 Å². The second-order valence-corrected chi connectivity index (χ2v) is 7.70. The highest BCUT2D eigenvalue weighted by atomic mass is 16.2. The van der Waals surface area contributed by atoms with E-state index >= 15 is 0 Å². The average molecular weight is 384 g/mol. The summed E-state index contributed by atoms with van der Waals surface area (Å²) in [7, 11) is 0. The van der Waals surface area contributed by atoms with Crippen LogP contribution in [0.3, 0.4) is 0 Å². The molecule has 8 nitrogen and oxygen atoms in total. The van der Waals surface area contributed by atoms with E-state index in [9.17, 15) is 19.2 Å². The van der Waals surface area contributed by atoms with Crippen molar-refractivity contribution in [3.8, 4) is 0 Å². The maximum absolute atomic E-state index is 12.8. The van der Waals surface area contributed by atoms with Crippen LogP contribution in [0, 0.1) is 0 Å². The normalized spacial score (nSPS) is 25.8. The fraction of sp³-hybridized carbons (Fsp3) is 0.500. The van der Waals surface area contributed by atoms with Crippen LogP contribution < -0.4 is 16.0 Å². The molecule has 0 bridgehead atoms. The van der Waals surface area contributed by atoms with Crippen LogP contribution >= 0.6 is 0 Å². The lowest BCUT2D eigenvalue weighted by atomic mass is 10.0. The van der Waals surface area contributed by atoms with Crippen LogP contribution in [0.15, 0.2) is 18.2 Å². The Morgan fingerprint density at radius 3 is 2.64 bits per heavy atom. The zero-order chi connectivity index (χ0) is 19.8. The molecule has 4 rings (SSSR count). The van der Waals surface area contributed by atoms with E-state index in [0.29, 0.717) is 29.8 Å². The van der Waals surface area contributed by atoms with E-state index in [2.05, 4.69) is 22.9 Å². The molecule has 2 unspecified atom stereocenters. The summed E-state index contributed by atoms with van der Waals surface area (Å²) in [4.78, 5) is 50.0. The lowest BCUT2D eigenvalue weighted by molar-refractivity contribution is -0.136. The number of imide groups is 2. The number of fused-ring (bicyclic) bond motifs is 1. The van der Waals surface area contributed by atoms with Crippen LogP contribution in [-0.4, -0.2) is 53.2 Å². The summed E-state index contributed by atoms with van der Waals surface area (Å²) < 4.78 is 0. The van der Waals surface area contributed by atoms with Crippen LogP contribution in [0.2, 0.25) is 0 Å². The van der Waals surface area contributed by atoms with Gasteiger partial charge in [-0.3, -0.25) is 29.4 Å². The van der Waals surface area contributed by atoms with E-state index in [4.69, 9.17) is 0 Å². The molecule has 0 saturated carbocycles. The minimum absolute atomic E-state index is 0.117. The summed E-state index contributed by atoms with van der Waals surface area (Å²) in [5, 5.41) is 9.14. The third-order valence-corrected chi connectivity index (χ3v) is 5.83. The third kappa shape index (κ3) is 3.33. The standard InChI is InChI=1S/C20H24N4O4/c1-11(15-3-2-8-21-15)22-10-12-4-5-13-14(9-12)20(28)24(19(13)27)16-6-7-17(25)23-18(16)26/h4-5,9,11,15-16,21-22H,2-3,6-8,10H2,1H3,(H,23,25,26)/t11?,15-,16?/m1/s1. The zero-order valence-corrected chi connectivity index (χ0v) is 15.8. The Morgan fingerprint density at radius 1 is 1.14 bits per heavy atom. The van der Waals surface area contributed by atoms with Gasteiger partial charge in [-0.1, -0.05) is 6.07 Å². The first kappa shape index (κ1) is 18.8. The number of carbonyl (C=O) groups is 4. The Balaban J connectivity index is 1.47. The van der Waals surface area contributed by atoms with Crippen molar-refractivity contribution in [1.82, 2.24) is 20.9 Å². The van der Waals surface area contributed by atoms with E-state index in [1.807, 2.05) is 6.07 Å². The highest BCUT2D eigenvalue weighted by Gasteiger charge is 2.44. The van der Waals surface area contributed by atoms with Crippen LogP contribution in [0.25, 0.3) is 0 Å². The predicted octanol–water partition coefficient (Wildman–Crippen LogP) is 0.318. The lowest BCUT2D eigenvalue weighted by Crippen LogP contribution is -2.54. The SMILES string of the molecule is CC(NCc1ccc2c(c1)C(=O)N(C1CCC(=O)NC1=O)C2=O)[C@H]1CCCN1. The zero-order valence-electron chi connectivity index (χ0n) is 15.8. The van der Waals surface area contributed by atoms with E-state index in [-0.39, 0.29) is 18.7 Å². The van der Waals surface area contributed by atoms with Crippen molar-refractivity contribution < 1.29 is 19.2 Å². The molecule has 3 heterocycles. The maximum Gasteiger partial charge on any atom is 0.262 e. The Hall–Kier alpha value is -2.58. The van der Waals surface area contributed by atoms with Gasteiger partial charge in [0, 0.05) is 25.0 Å². The van der Waals surface area contributed by atoms with Gasteiger partial charge >= 0.3 is 0 Å². The molecule has 1 aromatic rings. The predicted molar refractivity (Wildman–Crippen MR) is 100 cm³/mol. The molecule has 3 atom stereocenters. The molecular weight excluding hydrogens is 360 g/mol. The fourth-order valence-electron chi connectivity index (χ4n) is 4.19. The van der Waals surface area contributed by atoms with Crippen molar-refractivity contribution in [1.29, 1.82) is 0 Å². The summed E-state index contributed by atoms with van der Waals surface area (Å²) in [6.07, 6.45) is 2.61. The minimum atomic E-state index is -0.930. The van der Waals surface area contributed by atoms with Gasteiger partial charge in [0.05, 0.1) is 11.1 Å². The molecule has 3 aliphatic heterocycles. The number of hydrogen-bond acceptors (Lipinski definition) is 6. The number of nitrogens with one attached hydrogen (secondary N) is 3. The first-order valence-electron chi connectivity index (χ1n) is 9.77. The summed E-state index contributed by atoms with van der Waals surface area (Å²) >= 11 is 0. The minimum Gasteiger partial charge on any atom is -0.312 e. The number of piperidine rings is 1. The number of carbonyl (C=O) groups excluding carboxylic acids is 4. The van der Waals surface area contributed by atoms with Crippen molar-refractivity contribution in [2.45, 2.75) is 57.3 Å². The molecule has 1 aromatic carbocycles. The smallest absolute Gasteiger partial charge is 0.262 e. The monoisotopic (exact) mass is 384 g/mol.